The molecule has 2 amide bonds. The van der Waals surface area contributed by atoms with Gasteiger partial charge in [0.1, 0.15) is 5.75 Å². The molecule has 190 valence electrons. The maximum absolute atomic E-state index is 13.1. The van der Waals surface area contributed by atoms with Crippen LogP contribution >= 0.6 is 0 Å². The van der Waals surface area contributed by atoms with Crippen LogP contribution in [0.2, 0.25) is 0 Å². The van der Waals surface area contributed by atoms with Gasteiger partial charge in [-0.2, -0.15) is 0 Å². The zero-order valence-electron chi connectivity index (χ0n) is 20.4. The van der Waals surface area contributed by atoms with E-state index in [0.717, 1.165) is 47.3 Å². The summed E-state index contributed by atoms with van der Waals surface area (Å²) in [7, 11) is 1.61. The van der Waals surface area contributed by atoms with Crippen LogP contribution in [-0.2, 0) is 17.7 Å². The van der Waals surface area contributed by atoms with Crippen molar-refractivity contribution < 1.29 is 14.3 Å². The molecule has 1 saturated heterocycles. The molecule has 37 heavy (non-hydrogen) atoms. The van der Waals surface area contributed by atoms with Crippen LogP contribution in [0.3, 0.4) is 0 Å². The number of aromatic nitrogens is 5. The highest BCUT2D eigenvalue weighted by Crippen LogP contribution is 2.30. The fourth-order valence-corrected chi connectivity index (χ4v) is 4.64. The first-order valence-electron chi connectivity index (χ1n) is 12.1. The van der Waals surface area contributed by atoms with Crippen LogP contribution in [-0.4, -0.2) is 75.2 Å². The van der Waals surface area contributed by atoms with Crippen molar-refractivity contribution >= 4 is 29.1 Å². The molecule has 2 aliphatic heterocycles. The molecule has 6 rings (SSSR count). The minimum atomic E-state index is -0.166. The number of rotatable bonds is 4. The molecule has 3 aromatic heterocycles. The van der Waals surface area contributed by atoms with Crippen molar-refractivity contribution in [3.63, 3.8) is 0 Å². The molecule has 0 bridgehead atoms. The first kappa shape index (κ1) is 23.0. The molecular weight excluding hydrogens is 474 g/mol. The van der Waals surface area contributed by atoms with Gasteiger partial charge in [0.05, 0.1) is 44.0 Å². The van der Waals surface area contributed by atoms with E-state index in [-0.39, 0.29) is 12.0 Å². The van der Waals surface area contributed by atoms with Crippen LogP contribution in [0.25, 0.3) is 16.9 Å². The minimum absolute atomic E-state index is 0.166. The lowest BCUT2D eigenvalue weighted by Crippen LogP contribution is -2.39. The number of morpholine rings is 1. The van der Waals surface area contributed by atoms with Gasteiger partial charge in [0.2, 0.25) is 5.95 Å². The van der Waals surface area contributed by atoms with Gasteiger partial charge in [-0.1, -0.05) is 0 Å². The Kier molecular flexibility index (Phi) is 5.93. The number of carbonyl (C=O) groups is 1. The third kappa shape index (κ3) is 4.47. The maximum atomic E-state index is 13.1. The lowest BCUT2D eigenvalue weighted by atomic mass is 10.1. The Morgan fingerprint density at radius 3 is 2.57 bits per heavy atom. The summed E-state index contributed by atoms with van der Waals surface area (Å²) in [6.45, 7) is 3.68. The van der Waals surface area contributed by atoms with E-state index in [0.29, 0.717) is 44.1 Å². The van der Waals surface area contributed by atoms with E-state index in [9.17, 15) is 4.79 Å². The van der Waals surface area contributed by atoms with Gasteiger partial charge in [0, 0.05) is 55.9 Å². The van der Waals surface area contributed by atoms with Gasteiger partial charge in [-0.3, -0.25) is 4.40 Å². The Bertz CT molecular complexity index is 1430. The Hall–Kier alpha value is -4.45. The Labute approximate surface area is 213 Å². The van der Waals surface area contributed by atoms with Crippen molar-refractivity contribution in [1.82, 2.24) is 29.2 Å². The molecule has 1 fully saturated rings. The van der Waals surface area contributed by atoms with Crippen molar-refractivity contribution in [3.8, 4) is 17.0 Å². The lowest BCUT2D eigenvalue weighted by Gasteiger charge is -2.28. The number of fused-ring (bicyclic) bond motifs is 3. The predicted molar refractivity (Wildman–Crippen MR) is 138 cm³/mol. The molecule has 12 heteroatoms. The van der Waals surface area contributed by atoms with E-state index >= 15 is 0 Å². The van der Waals surface area contributed by atoms with Gasteiger partial charge < -0.3 is 30.3 Å². The summed E-state index contributed by atoms with van der Waals surface area (Å²) in [6, 6.07) is 7.11. The SMILES string of the molecule is COc1ccc(NC(=O)N2CCc3nc4c(N5CCOCC5)nc(-c5cnc(N)nc5)cn4c3C2)cc1. The minimum Gasteiger partial charge on any atom is -0.497 e. The number of urea groups is 1. The van der Waals surface area contributed by atoms with E-state index < -0.39 is 0 Å². The van der Waals surface area contributed by atoms with Crippen LogP contribution in [0.1, 0.15) is 11.4 Å². The molecule has 0 spiro atoms. The smallest absolute Gasteiger partial charge is 0.322 e. The molecule has 0 atom stereocenters. The summed E-state index contributed by atoms with van der Waals surface area (Å²) < 4.78 is 12.8. The van der Waals surface area contributed by atoms with Crippen LogP contribution in [0.15, 0.2) is 42.9 Å². The normalized spacial score (nSPS) is 15.5. The number of imidazole rings is 1. The Balaban J connectivity index is 1.35. The number of amides is 2. The van der Waals surface area contributed by atoms with Crippen LogP contribution in [0.4, 0.5) is 22.2 Å². The largest absolute Gasteiger partial charge is 0.497 e. The highest BCUT2D eigenvalue weighted by molar-refractivity contribution is 5.89. The predicted octanol–water partition coefficient (Wildman–Crippen LogP) is 2.20. The number of nitrogen functional groups attached to an aromatic ring is 1. The summed E-state index contributed by atoms with van der Waals surface area (Å²) >= 11 is 0. The summed E-state index contributed by atoms with van der Waals surface area (Å²) in [6.07, 6.45) is 5.91. The third-order valence-corrected chi connectivity index (χ3v) is 6.64. The molecule has 0 radical (unpaired) electrons. The molecule has 4 aromatic rings. The summed E-state index contributed by atoms with van der Waals surface area (Å²) in [5, 5.41) is 2.98. The van der Waals surface area contributed by atoms with Gasteiger partial charge in [-0.15, -0.1) is 0 Å². The Morgan fingerprint density at radius 2 is 1.84 bits per heavy atom. The highest BCUT2D eigenvalue weighted by atomic mass is 16.5. The number of methoxy groups -OCH3 is 1. The molecule has 5 heterocycles. The van der Waals surface area contributed by atoms with Crippen molar-refractivity contribution in [3.05, 3.63) is 54.2 Å². The van der Waals surface area contributed by atoms with E-state index in [2.05, 4.69) is 20.2 Å². The van der Waals surface area contributed by atoms with E-state index in [1.165, 1.54) is 0 Å². The highest BCUT2D eigenvalue weighted by Gasteiger charge is 2.28. The number of nitrogens with zero attached hydrogens (tertiary/aromatic N) is 7. The molecular formula is C25H27N9O3. The van der Waals surface area contributed by atoms with Gasteiger partial charge >= 0.3 is 6.03 Å². The number of ether oxygens (including phenoxy) is 2. The number of benzene rings is 1. The molecule has 12 nitrogen and oxygen atoms in total. The van der Waals surface area contributed by atoms with E-state index in [4.69, 9.17) is 25.2 Å². The van der Waals surface area contributed by atoms with Gasteiger partial charge in [0.25, 0.3) is 0 Å². The van der Waals surface area contributed by atoms with Crippen molar-refractivity contribution in [2.24, 2.45) is 0 Å². The van der Waals surface area contributed by atoms with E-state index in [1.54, 1.807) is 24.4 Å². The number of carbonyl (C=O) groups excluding carboxylic acids is 1. The average molecular weight is 502 g/mol. The molecule has 0 aliphatic carbocycles. The van der Waals surface area contributed by atoms with Crippen LogP contribution in [0, 0.1) is 0 Å². The fourth-order valence-electron chi connectivity index (χ4n) is 4.64. The maximum Gasteiger partial charge on any atom is 0.322 e. The quantitative estimate of drug-likeness (QED) is 0.431. The summed E-state index contributed by atoms with van der Waals surface area (Å²) in [4.78, 5) is 35.3. The van der Waals surface area contributed by atoms with Crippen molar-refractivity contribution in [2.75, 3.05) is 55.9 Å². The van der Waals surface area contributed by atoms with Gasteiger partial charge in [-0.25, -0.2) is 24.7 Å². The van der Waals surface area contributed by atoms with Crippen molar-refractivity contribution in [2.45, 2.75) is 13.0 Å². The van der Waals surface area contributed by atoms with E-state index in [1.807, 2.05) is 34.9 Å². The number of anilines is 3. The first-order chi connectivity index (χ1) is 18.1. The Morgan fingerprint density at radius 1 is 1.08 bits per heavy atom. The van der Waals surface area contributed by atoms with Gasteiger partial charge in [-0.05, 0) is 24.3 Å². The molecule has 0 unspecified atom stereocenters. The second-order valence-electron chi connectivity index (χ2n) is 8.91. The fraction of sp³-hybridized carbons (Fsp3) is 0.320. The number of nitrogens with one attached hydrogen (secondary N) is 1. The summed E-state index contributed by atoms with van der Waals surface area (Å²) in [5.41, 5.74) is 10.6. The topological polar surface area (TPSA) is 136 Å². The molecule has 1 aromatic carbocycles. The van der Waals surface area contributed by atoms with Crippen molar-refractivity contribution in [1.29, 1.82) is 0 Å². The summed E-state index contributed by atoms with van der Waals surface area (Å²) in [5.74, 6) is 1.72. The average Bonchev–Trinajstić information content (AvgIpc) is 3.32. The zero-order valence-corrected chi connectivity index (χ0v) is 20.4. The molecule has 0 saturated carbocycles. The van der Waals surface area contributed by atoms with Gasteiger partial charge in [0.15, 0.2) is 11.5 Å². The number of nitrogens with two attached hydrogens (primary N) is 1. The third-order valence-electron chi connectivity index (χ3n) is 6.64. The number of hydrogen-bond donors (Lipinski definition) is 2. The molecule has 2 aliphatic rings. The first-order valence-corrected chi connectivity index (χ1v) is 12.1. The molecule has 3 N–H and O–H groups in total. The van der Waals surface area contributed by atoms with Crippen LogP contribution < -0.4 is 20.7 Å². The second kappa shape index (κ2) is 9.54. The van der Waals surface area contributed by atoms with Crippen LogP contribution in [0.5, 0.6) is 5.75 Å². The zero-order chi connectivity index (χ0) is 25.4. The second-order valence-corrected chi connectivity index (χ2v) is 8.91. The monoisotopic (exact) mass is 501 g/mol. The number of hydrogen-bond acceptors (Lipinski definition) is 9. The standard InChI is InChI=1S/C25H27N9O3/c1-36-18-4-2-17(3-5-18)29-25(35)33-7-6-19-21(15-33)34-14-20(16-12-27-24(26)28-13-16)31-22(23(34)30-19)32-8-10-37-11-9-32/h2-5,12-14H,6-11,15H2,1H3,(H,29,35)(H2,26,27,28). The lowest BCUT2D eigenvalue weighted by molar-refractivity contribution is 0.122.